The van der Waals surface area contributed by atoms with Gasteiger partial charge in [0, 0.05) is 30.6 Å². The van der Waals surface area contributed by atoms with E-state index >= 15 is 0 Å². The molecule has 1 aliphatic rings. The third kappa shape index (κ3) is 5.42. The fraction of sp³-hybridized carbons (Fsp3) is 0.375. The number of amides is 3. The van der Waals surface area contributed by atoms with Gasteiger partial charge in [-0.05, 0) is 50.1 Å². The molecule has 8 nitrogen and oxygen atoms in total. The first-order valence-corrected chi connectivity index (χ1v) is 12.9. The Kier molecular flexibility index (Phi) is 7.99. The first-order valence-electron chi connectivity index (χ1n) is 11.1. The molecular formula is C24H28ClN3O5S. The number of hydrogen-bond acceptors (Lipinski definition) is 5. The van der Waals surface area contributed by atoms with Crippen LogP contribution in [0.4, 0.5) is 0 Å². The maximum Gasteiger partial charge on any atom is 0.269 e. The minimum atomic E-state index is -4.02. The van der Waals surface area contributed by atoms with Gasteiger partial charge < -0.3 is 10.2 Å². The van der Waals surface area contributed by atoms with Crippen LogP contribution in [0.25, 0.3) is 0 Å². The second-order valence-electron chi connectivity index (χ2n) is 8.27. The molecule has 1 heterocycles. The molecule has 1 aliphatic heterocycles. The maximum absolute atomic E-state index is 13.3. The summed E-state index contributed by atoms with van der Waals surface area (Å²) in [7, 11) is -4.02. The van der Waals surface area contributed by atoms with Crippen LogP contribution in [0.15, 0.2) is 53.4 Å². The Hall–Kier alpha value is -2.91. The van der Waals surface area contributed by atoms with E-state index in [9.17, 15) is 22.8 Å². The van der Waals surface area contributed by atoms with Crippen molar-refractivity contribution in [3.05, 3.63) is 64.7 Å². The molecule has 3 amide bonds. The van der Waals surface area contributed by atoms with Gasteiger partial charge in [0.2, 0.25) is 11.8 Å². The highest BCUT2D eigenvalue weighted by molar-refractivity contribution is 7.90. The van der Waals surface area contributed by atoms with Crippen LogP contribution in [0.3, 0.4) is 0 Å². The third-order valence-corrected chi connectivity index (χ3v) is 7.93. The quantitative estimate of drug-likeness (QED) is 0.563. The second kappa shape index (κ2) is 10.6. The van der Waals surface area contributed by atoms with Crippen LogP contribution < -0.4 is 5.32 Å². The van der Waals surface area contributed by atoms with Crippen molar-refractivity contribution < 1.29 is 22.8 Å². The van der Waals surface area contributed by atoms with Gasteiger partial charge in [0.1, 0.15) is 10.9 Å². The van der Waals surface area contributed by atoms with Crippen molar-refractivity contribution in [1.82, 2.24) is 14.5 Å². The minimum Gasteiger partial charge on any atom is -0.352 e. The molecule has 3 rings (SSSR count). The van der Waals surface area contributed by atoms with Crippen LogP contribution in [0, 0.1) is 0 Å². The predicted octanol–water partition coefficient (Wildman–Crippen LogP) is 3.21. The molecule has 0 saturated heterocycles. The number of carbonyl (C=O) groups is 3. The van der Waals surface area contributed by atoms with Crippen molar-refractivity contribution in [2.75, 3.05) is 6.54 Å². The molecule has 0 radical (unpaired) electrons. The maximum atomic E-state index is 13.3. The van der Waals surface area contributed by atoms with E-state index in [1.807, 2.05) is 13.8 Å². The van der Waals surface area contributed by atoms with Crippen molar-refractivity contribution in [2.45, 2.75) is 57.1 Å². The summed E-state index contributed by atoms with van der Waals surface area (Å²) in [6.45, 7) is 5.22. The van der Waals surface area contributed by atoms with E-state index in [1.54, 1.807) is 43.3 Å². The number of halogens is 1. The molecule has 2 aromatic carbocycles. The van der Waals surface area contributed by atoms with Crippen molar-refractivity contribution in [3.63, 3.8) is 0 Å². The van der Waals surface area contributed by atoms with Gasteiger partial charge in [0.15, 0.2) is 0 Å². The topological polar surface area (TPSA) is 104 Å². The molecule has 2 atom stereocenters. The molecule has 182 valence electrons. The van der Waals surface area contributed by atoms with Gasteiger partial charge >= 0.3 is 0 Å². The number of fused-ring (bicyclic) bond motifs is 1. The first-order chi connectivity index (χ1) is 16.1. The van der Waals surface area contributed by atoms with Gasteiger partial charge in [0.25, 0.3) is 15.9 Å². The van der Waals surface area contributed by atoms with Crippen molar-refractivity contribution >= 4 is 39.3 Å². The van der Waals surface area contributed by atoms with Crippen LogP contribution in [0.2, 0.25) is 5.02 Å². The van der Waals surface area contributed by atoms with Gasteiger partial charge in [-0.3, -0.25) is 14.4 Å². The van der Waals surface area contributed by atoms with Crippen molar-refractivity contribution in [1.29, 1.82) is 0 Å². The van der Waals surface area contributed by atoms with E-state index < -0.39 is 27.9 Å². The van der Waals surface area contributed by atoms with E-state index in [-0.39, 0.29) is 41.9 Å². The third-order valence-electron chi connectivity index (χ3n) is 5.85. The van der Waals surface area contributed by atoms with Crippen molar-refractivity contribution in [3.8, 4) is 0 Å². The Balaban J connectivity index is 1.79. The number of nitrogens with zero attached hydrogens (tertiary/aromatic N) is 2. The molecular weight excluding hydrogens is 478 g/mol. The number of hydrogen-bond donors (Lipinski definition) is 1. The summed E-state index contributed by atoms with van der Waals surface area (Å²) < 4.78 is 26.3. The highest BCUT2D eigenvalue weighted by Gasteiger charge is 2.41. The van der Waals surface area contributed by atoms with Gasteiger partial charge in [-0.15, -0.1) is 0 Å². The zero-order valence-corrected chi connectivity index (χ0v) is 20.9. The second-order valence-corrected chi connectivity index (χ2v) is 10.5. The summed E-state index contributed by atoms with van der Waals surface area (Å²) in [6.07, 6.45) is 0.469. The molecule has 0 bridgehead atoms. The predicted molar refractivity (Wildman–Crippen MR) is 129 cm³/mol. The average molecular weight is 506 g/mol. The smallest absolute Gasteiger partial charge is 0.269 e. The fourth-order valence-corrected chi connectivity index (χ4v) is 5.46. The van der Waals surface area contributed by atoms with Gasteiger partial charge in [-0.25, -0.2) is 12.7 Å². The zero-order valence-electron chi connectivity index (χ0n) is 19.3. The standard InChI is InChI=1S/C24H28ClN3O5S/c1-4-16(2)26-23(30)17(3)27(15-18-8-7-9-19(25)14-18)22(29)12-13-28-24(31)20-10-5-6-11-21(20)34(28,32)33/h5-11,14,16-17H,4,12-13,15H2,1-3H3,(H,26,30)/t16-,17+/m1/s1. The average Bonchev–Trinajstić information content (AvgIpc) is 3.00. The lowest BCUT2D eigenvalue weighted by Gasteiger charge is -2.30. The molecule has 0 unspecified atom stereocenters. The lowest BCUT2D eigenvalue weighted by Crippen LogP contribution is -2.50. The van der Waals surface area contributed by atoms with E-state index in [0.717, 1.165) is 16.3 Å². The molecule has 0 saturated carbocycles. The number of benzene rings is 2. The molecule has 0 spiro atoms. The normalized spacial score (nSPS) is 16.0. The monoisotopic (exact) mass is 505 g/mol. The lowest BCUT2D eigenvalue weighted by molar-refractivity contribution is -0.140. The van der Waals surface area contributed by atoms with E-state index in [2.05, 4.69) is 5.32 Å². The van der Waals surface area contributed by atoms with E-state index in [4.69, 9.17) is 11.6 Å². The Bertz CT molecular complexity index is 1200. The SMILES string of the molecule is CC[C@@H](C)NC(=O)[C@H](C)N(Cc1cccc(Cl)c1)C(=O)CCN1C(=O)c2ccccc2S1(=O)=O. The van der Waals surface area contributed by atoms with Gasteiger partial charge in [-0.2, -0.15) is 0 Å². The molecule has 34 heavy (non-hydrogen) atoms. The highest BCUT2D eigenvalue weighted by atomic mass is 35.5. The molecule has 1 N–H and O–H groups in total. The van der Waals surface area contributed by atoms with Crippen LogP contribution in [-0.2, 0) is 26.2 Å². The zero-order chi connectivity index (χ0) is 25.0. The fourth-order valence-electron chi connectivity index (χ4n) is 3.67. The molecule has 2 aromatic rings. The molecule has 0 aromatic heterocycles. The summed E-state index contributed by atoms with van der Waals surface area (Å²) in [5.74, 6) is -1.43. The summed E-state index contributed by atoms with van der Waals surface area (Å²) >= 11 is 6.08. The largest absolute Gasteiger partial charge is 0.352 e. The number of carbonyl (C=O) groups excluding carboxylic acids is 3. The number of rotatable bonds is 9. The summed E-state index contributed by atoms with van der Waals surface area (Å²) in [5, 5.41) is 3.37. The molecule has 0 aliphatic carbocycles. The summed E-state index contributed by atoms with van der Waals surface area (Å²) in [4.78, 5) is 40.0. The Morgan fingerprint density at radius 2 is 1.82 bits per heavy atom. The van der Waals surface area contributed by atoms with Crippen LogP contribution in [0.1, 0.15) is 49.5 Å². The number of nitrogens with one attached hydrogen (secondary N) is 1. The van der Waals surface area contributed by atoms with Crippen LogP contribution >= 0.6 is 11.6 Å². The first kappa shape index (κ1) is 25.7. The Morgan fingerprint density at radius 3 is 2.47 bits per heavy atom. The summed E-state index contributed by atoms with van der Waals surface area (Å²) in [6, 6.07) is 12.0. The van der Waals surface area contributed by atoms with Gasteiger partial charge in [0.05, 0.1) is 5.56 Å². The number of sulfonamides is 1. The van der Waals surface area contributed by atoms with Gasteiger partial charge in [-0.1, -0.05) is 42.8 Å². The molecule has 0 fully saturated rings. The van der Waals surface area contributed by atoms with Crippen molar-refractivity contribution in [2.24, 2.45) is 0 Å². The van der Waals surface area contributed by atoms with Crippen LogP contribution in [0.5, 0.6) is 0 Å². The van der Waals surface area contributed by atoms with Crippen LogP contribution in [-0.4, -0.2) is 54.0 Å². The Morgan fingerprint density at radius 1 is 1.12 bits per heavy atom. The molecule has 10 heteroatoms. The lowest BCUT2D eigenvalue weighted by atomic mass is 10.1. The highest BCUT2D eigenvalue weighted by Crippen LogP contribution is 2.30. The summed E-state index contributed by atoms with van der Waals surface area (Å²) in [5.41, 5.74) is 0.813. The van der Waals surface area contributed by atoms with E-state index in [0.29, 0.717) is 5.02 Å². The van der Waals surface area contributed by atoms with E-state index in [1.165, 1.54) is 17.0 Å². The Labute approximate surface area is 204 Å². The minimum absolute atomic E-state index is 0.0652.